The van der Waals surface area contributed by atoms with Crippen LogP contribution in [-0.2, 0) is 4.79 Å². The first-order chi connectivity index (χ1) is 3.39. The number of rotatable bonds is 0. The molecule has 0 radical (unpaired) electrons. The Labute approximate surface area is 42.2 Å². The molecule has 1 rings (SSSR count). The highest BCUT2D eigenvalue weighted by molar-refractivity contribution is 5.92. The van der Waals surface area contributed by atoms with Crippen LogP contribution in [0.2, 0.25) is 0 Å². The summed E-state index contributed by atoms with van der Waals surface area (Å²) in [6.45, 7) is 1.35. The van der Waals surface area contributed by atoms with Crippen LogP contribution < -0.4 is 5.32 Å². The van der Waals surface area contributed by atoms with Gasteiger partial charge in [-0.25, -0.2) is 0 Å². The summed E-state index contributed by atoms with van der Waals surface area (Å²) >= 11 is 0. The molecule has 38 valence electrons. The Kier molecular flexibility index (Phi) is 1.22. The zero-order chi connectivity index (χ0) is 5.11. The SMILES string of the molecule is O=C1C=CCNC1. The number of hydrogen-bond donors (Lipinski definition) is 1. The van der Waals surface area contributed by atoms with Gasteiger partial charge in [0.25, 0.3) is 0 Å². The van der Waals surface area contributed by atoms with Gasteiger partial charge in [0.05, 0.1) is 6.54 Å². The van der Waals surface area contributed by atoms with Crippen molar-refractivity contribution in [3.05, 3.63) is 12.2 Å². The van der Waals surface area contributed by atoms with Crippen LogP contribution in [0.3, 0.4) is 0 Å². The number of carbonyl (C=O) groups is 1. The molecule has 2 heteroatoms. The molecule has 0 saturated heterocycles. The molecular formula is C5H7NO. The van der Waals surface area contributed by atoms with Crippen LogP contribution in [0.5, 0.6) is 0 Å². The molecule has 1 heterocycles. The monoisotopic (exact) mass is 97.1 g/mol. The molecule has 2 nitrogen and oxygen atoms in total. The Balaban J connectivity index is 2.51. The van der Waals surface area contributed by atoms with Crippen molar-refractivity contribution in [1.29, 1.82) is 0 Å². The van der Waals surface area contributed by atoms with E-state index >= 15 is 0 Å². The van der Waals surface area contributed by atoms with E-state index in [2.05, 4.69) is 5.32 Å². The van der Waals surface area contributed by atoms with Crippen molar-refractivity contribution in [1.82, 2.24) is 5.32 Å². The first kappa shape index (κ1) is 4.53. The molecule has 7 heavy (non-hydrogen) atoms. The Morgan fingerprint density at radius 2 is 2.57 bits per heavy atom. The third-order valence-electron chi connectivity index (χ3n) is 0.865. The van der Waals surface area contributed by atoms with E-state index in [0.29, 0.717) is 6.54 Å². The number of hydrogen-bond acceptors (Lipinski definition) is 2. The van der Waals surface area contributed by atoms with E-state index in [1.807, 2.05) is 6.08 Å². The van der Waals surface area contributed by atoms with Crippen LogP contribution in [0.25, 0.3) is 0 Å². The number of nitrogens with one attached hydrogen (secondary N) is 1. The van der Waals surface area contributed by atoms with Crippen LogP contribution in [0.1, 0.15) is 0 Å². The predicted octanol–water partition coefficient (Wildman–Crippen LogP) is -0.285. The highest BCUT2D eigenvalue weighted by Crippen LogP contribution is 1.80. The normalized spacial score (nSPS) is 20.3. The van der Waals surface area contributed by atoms with Gasteiger partial charge < -0.3 is 5.32 Å². The van der Waals surface area contributed by atoms with Crippen LogP contribution in [0.15, 0.2) is 12.2 Å². The molecule has 1 aliphatic rings. The lowest BCUT2D eigenvalue weighted by molar-refractivity contribution is -0.114. The molecule has 0 bridgehead atoms. The molecule has 1 aliphatic heterocycles. The fraction of sp³-hybridized carbons (Fsp3) is 0.400. The van der Waals surface area contributed by atoms with Crippen molar-refractivity contribution in [2.45, 2.75) is 0 Å². The van der Waals surface area contributed by atoms with Crippen molar-refractivity contribution in [3.8, 4) is 0 Å². The molecule has 0 aromatic rings. The third kappa shape index (κ3) is 1.12. The summed E-state index contributed by atoms with van der Waals surface area (Å²) in [4.78, 5) is 10.3. The van der Waals surface area contributed by atoms with Gasteiger partial charge in [0, 0.05) is 6.54 Å². The average molecular weight is 97.1 g/mol. The maximum atomic E-state index is 10.3. The zero-order valence-electron chi connectivity index (χ0n) is 3.98. The van der Waals surface area contributed by atoms with Gasteiger partial charge in [-0.1, -0.05) is 6.08 Å². The minimum Gasteiger partial charge on any atom is -0.306 e. The summed E-state index contributed by atoms with van der Waals surface area (Å²) in [7, 11) is 0. The van der Waals surface area contributed by atoms with Gasteiger partial charge in [-0.2, -0.15) is 0 Å². The number of carbonyl (C=O) groups excluding carboxylic acids is 1. The third-order valence-corrected chi connectivity index (χ3v) is 0.865. The van der Waals surface area contributed by atoms with Gasteiger partial charge in [0.15, 0.2) is 5.78 Å². The Morgan fingerprint density at radius 3 is 2.86 bits per heavy atom. The molecule has 1 N–H and O–H groups in total. The summed E-state index contributed by atoms with van der Waals surface area (Å²) < 4.78 is 0. The van der Waals surface area contributed by atoms with E-state index < -0.39 is 0 Å². The summed E-state index contributed by atoms with van der Waals surface area (Å²) in [5, 5.41) is 2.90. The molecule has 0 spiro atoms. The summed E-state index contributed by atoms with van der Waals surface area (Å²) in [5.74, 6) is 0.172. The smallest absolute Gasteiger partial charge is 0.169 e. The van der Waals surface area contributed by atoms with Gasteiger partial charge in [0.2, 0.25) is 0 Å². The highest BCUT2D eigenvalue weighted by Gasteiger charge is 1.97. The highest BCUT2D eigenvalue weighted by atomic mass is 16.1. The summed E-state index contributed by atoms with van der Waals surface area (Å²) in [6, 6.07) is 0. The molecule has 0 aromatic heterocycles. The maximum absolute atomic E-state index is 10.3. The Bertz CT molecular complexity index is 107. The van der Waals surface area contributed by atoms with Crippen LogP contribution in [0, 0.1) is 0 Å². The second kappa shape index (κ2) is 1.89. The second-order valence-electron chi connectivity index (χ2n) is 1.50. The first-order valence-electron chi connectivity index (χ1n) is 2.30. The van der Waals surface area contributed by atoms with E-state index in [4.69, 9.17) is 0 Å². The van der Waals surface area contributed by atoms with Crippen molar-refractivity contribution < 1.29 is 4.79 Å². The molecule has 0 saturated carbocycles. The van der Waals surface area contributed by atoms with Crippen LogP contribution in [-0.4, -0.2) is 18.9 Å². The van der Waals surface area contributed by atoms with E-state index in [-0.39, 0.29) is 5.78 Å². The van der Waals surface area contributed by atoms with Crippen molar-refractivity contribution in [2.75, 3.05) is 13.1 Å². The fourth-order valence-electron chi connectivity index (χ4n) is 0.528. The zero-order valence-corrected chi connectivity index (χ0v) is 3.98. The van der Waals surface area contributed by atoms with Gasteiger partial charge >= 0.3 is 0 Å². The van der Waals surface area contributed by atoms with Gasteiger partial charge in [-0.3, -0.25) is 4.79 Å². The van der Waals surface area contributed by atoms with Gasteiger partial charge in [-0.05, 0) is 6.08 Å². The van der Waals surface area contributed by atoms with Crippen molar-refractivity contribution in [2.24, 2.45) is 0 Å². The molecule has 0 aromatic carbocycles. The van der Waals surface area contributed by atoms with Crippen LogP contribution >= 0.6 is 0 Å². The number of ketones is 1. The molecule has 0 aliphatic carbocycles. The Hall–Kier alpha value is -0.630. The largest absolute Gasteiger partial charge is 0.306 e. The second-order valence-corrected chi connectivity index (χ2v) is 1.50. The minimum atomic E-state index is 0.172. The van der Waals surface area contributed by atoms with Gasteiger partial charge in [-0.15, -0.1) is 0 Å². The standard InChI is InChI=1S/C5H7NO/c7-5-2-1-3-6-4-5/h1-2,6H,3-4H2. The molecular weight excluding hydrogens is 90.1 g/mol. The molecule has 0 fully saturated rings. The van der Waals surface area contributed by atoms with E-state index in [1.165, 1.54) is 0 Å². The topological polar surface area (TPSA) is 29.1 Å². The van der Waals surface area contributed by atoms with Crippen molar-refractivity contribution >= 4 is 5.78 Å². The molecule has 0 unspecified atom stereocenters. The van der Waals surface area contributed by atoms with Gasteiger partial charge in [0.1, 0.15) is 0 Å². The summed E-state index contributed by atoms with van der Waals surface area (Å²) in [5.41, 5.74) is 0. The lowest BCUT2D eigenvalue weighted by Crippen LogP contribution is -2.25. The summed E-state index contributed by atoms with van der Waals surface area (Å²) in [6.07, 6.45) is 3.43. The lowest BCUT2D eigenvalue weighted by Gasteiger charge is -2.00. The van der Waals surface area contributed by atoms with Crippen LogP contribution in [0.4, 0.5) is 0 Å². The predicted molar refractivity (Wildman–Crippen MR) is 27.0 cm³/mol. The minimum absolute atomic E-state index is 0.172. The average Bonchev–Trinajstić information content (AvgIpc) is 1.69. The quantitative estimate of drug-likeness (QED) is 0.450. The van der Waals surface area contributed by atoms with Crippen molar-refractivity contribution in [3.63, 3.8) is 0 Å². The first-order valence-corrected chi connectivity index (χ1v) is 2.30. The fourth-order valence-corrected chi connectivity index (χ4v) is 0.528. The van der Waals surface area contributed by atoms with E-state index in [9.17, 15) is 4.79 Å². The maximum Gasteiger partial charge on any atom is 0.169 e. The lowest BCUT2D eigenvalue weighted by atomic mass is 10.3. The van der Waals surface area contributed by atoms with E-state index in [0.717, 1.165) is 6.54 Å². The molecule has 0 amide bonds. The van der Waals surface area contributed by atoms with E-state index in [1.54, 1.807) is 6.08 Å². The molecule has 0 atom stereocenters. The Morgan fingerprint density at radius 1 is 1.71 bits per heavy atom.